The molecule has 7 aliphatic carbocycles. The largest absolute Gasteiger partial charge is 0.504 e. The van der Waals surface area contributed by atoms with Gasteiger partial charge in [0.2, 0.25) is 0 Å². The summed E-state index contributed by atoms with van der Waals surface area (Å²) in [5.74, 6) is -4.14. The number of rotatable bonds is 3. The summed E-state index contributed by atoms with van der Waals surface area (Å²) in [6.45, 7) is 7.71. The van der Waals surface area contributed by atoms with Crippen molar-refractivity contribution in [2.24, 2.45) is 45.8 Å². The number of carbonyl (C=O) groups excluding carboxylic acids is 1. The lowest BCUT2D eigenvalue weighted by atomic mass is 9.43. The molecule has 1 aliphatic heterocycles. The second kappa shape index (κ2) is 10.4. The molecule has 10 heteroatoms. The van der Waals surface area contributed by atoms with E-state index in [1.807, 2.05) is 20.8 Å². The Labute approximate surface area is 287 Å². The summed E-state index contributed by atoms with van der Waals surface area (Å²) in [6.07, 6.45) is 4.38. The number of carbonyl (C=O) groups is 1. The van der Waals surface area contributed by atoms with Crippen LogP contribution in [0.15, 0.2) is 42.0 Å². The van der Waals surface area contributed by atoms with Crippen LogP contribution < -0.4 is 0 Å². The Hall–Kier alpha value is -2.31. The van der Waals surface area contributed by atoms with E-state index in [9.17, 15) is 45.6 Å². The van der Waals surface area contributed by atoms with Crippen molar-refractivity contribution in [1.29, 1.82) is 0 Å². The van der Waals surface area contributed by atoms with Gasteiger partial charge >= 0.3 is 0 Å². The maximum atomic E-state index is 14.4. The van der Waals surface area contributed by atoms with Crippen LogP contribution in [0.1, 0.15) is 84.1 Å². The van der Waals surface area contributed by atoms with Crippen LogP contribution in [0, 0.1) is 45.8 Å². The maximum absolute atomic E-state index is 14.4. The van der Waals surface area contributed by atoms with Crippen LogP contribution in [0.5, 0.6) is 11.5 Å². The number of fused-ring (bicyclic) bond motifs is 9. The summed E-state index contributed by atoms with van der Waals surface area (Å²) >= 11 is 0. The highest BCUT2D eigenvalue weighted by Crippen LogP contribution is 2.74. The van der Waals surface area contributed by atoms with E-state index in [0.717, 1.165) is 12.8 Å². The van der Waals surface area contributed by atoms with Crippen LogP contribution >= 0.6 is 0 Å². The van der Waals surface area contributed by atoms with Gasteiger partial charge in [-0.3, -0.25) is 4.79 Å². The minimum atomic E-state index is -1.68. The zero-order chi connectivity index (χ0) is 35.3. The number of allylic oxidation sites excluding steroid dienone is 2. The van der Waals surface area contributed by atoms with Crippen molar-refractivity contribution in [2.75, 3.05) is 6.61 Å². The first kappa shape index (κ1) is 33.8. The van der Waals surface area contributed by atoms with Gasteiger partial charge in [-0.25, -0.2) is 0 Å². The second-order valence-corrected chi connectivity index (χ2v) is 17.7. The number of ketones is 1. The number of hydrogen-bond acceptors (Lipinski definition) is 10. The zero-order valence-corrected chi connectivity index (χ0v) is 28.8. The van der Waals surface area contributed by atoms with E-state index in [4.69, 9.17) is 4.74 Å². The van der Waals surface area contributed by atoms with Gasteiger partial charge in [0.25, 0.3) is 0 Å². The van der Waals surface area contributed by atoms with Gasteiger partial charge in [-0.15, -0.1) is 0 Å². The van der Waals surface area contributed by atoms with E-state index in [2.05, 4.69) is 19.1 Å². The van der Waals surface area contributed by atoms with Crippen molar-refractivity contribution >= 4 is 5.78 Å². The standard InChI is InChI=1S/C39H52O10/c1-19-33(46)39(21-7-10-34(19,2)11-8-21)37(47,13-14-40)32-28(49-39)18-38(48)23-16-26(43)30-29(20-5-6-24(41)25(42)15-20)31(45)27(44)17-35(30,3)22(23)9-12-36(32,38)4/h5-7,10,15-16,19,21-22,27-33,40-42,44-48H,8-9,11-14,17-18H2,1-4H3. The number of aliphatic hydroxyl groups is 6. The molecule has 1 saturated heterocycles. The Morgan fingerprint density at radius 2 is 1.71 bits per heavy atom. The highest BCUT2D eigenvalue weighted by Gasteiger charge is 2.81. The summed E-state index contributed by atoms with van der Waals surface area (Å²) in [5, 5.41) is 91.8. The van der Waals surface area contributed by atoms with E-state index < -0.39 is 69.8 Å². The third-order valence-electron chi connectivity index (χ3n) is 15.8. The van der Waals surface area contributed by atoms with Gasteiger partial charge in [0.15, 0.2) is 17.3 Å². The maximum Gasteiger partial charge on any atom is 0.160 e. The van der Waals surface area contributed by atoms with Crippen molar-refractivity contribution in [3.05, 3.63) is 47.6 Å². The smallest absolute Gasteiger partial charge is 0.160 e. The molecule has 16 unspecified atom stereocenters. The molecule has 1 spiro atoms. The average molecular weight is 681 g/mol. The molecular weight excluding hydrogens is 628 g/mol. The number of phenolic OH excluding ortho intramolecular Hbond substituents is 2. The highest BCUT2D eigenvalue weighted by atomic mass is 16.6. The number of phenols is 2. The summed E-state index contributed by atoms with van der Waals surface area (Å²) < 4.78 is 7.06. The van der Waals surface area contributed by atoms with Gasteiger partial charge in [0, 0.05) is 48.5 Å². The summed E-state index contributed by atoms with van der Waals surface area (Å²) in [7, 11) is 0. The van der Waals surface area contributed by atoms with Crippen LogP contribution in [0.3, 0.4) is 0 Å². The molecule has 1 aromatic carbocycles. The predicted molar refractivity (Wildman–Crippen MR) is 177 cm³/mol. The Balaban J connectivity index is 1.23. The predicted octanol–water partition coefficient (Wildman–Crippen LogP) is 2.84. The number of aromatic hydroxyl groups is 2. The van der Waals surface area contributed by atoms with Gasteiger partial charge in [-0.1, -0.05) is 45.9 Å². The zero-order valence-electron chi connectivity index (χ0n) is 28.8. The number of aliphatic hydroxyl groups excluding tert-OH is 4. The van der Waals surface area contributed by atoms with Crippen molar-refractivity contribution in [3.63, 3.8) is 0 Å². The summed E-state index contributed by atoms with van der Waals surface area (Å²) in [4.78, 5) is 14.4. The molecule has 8 N–H and O–H groups in total. The monoisotopic (exact) mass is 680 g/mol. The van der Waals surface area contributed by atoms with Crippen LogP contribution in [0.2, 0.25) is 0 Å². The Bertz CT molecular complexity index is 1640. The fraction of sp³-hybridized carbons (Fsp3) is 0.718. The molecule has 5 fully saturated rings. The van der Waals surface area contributed by atoms with E-state index in [1.165, 1.54) is 18.2 Å². The first-order valence-electron chi connectivity index (χ1n) is 18.2. The van der Waals surface area contributed by atoms with Crippen LogP contribution in [0.25, 0.3) is 0 Å². The van der Waals surface area contributed by atoms with Crippen molar-refractivity contribution in [3.8, 4) is 11.5 Å². The Morgan fingerprint density at radius 1 is 0.980 bits per heavy atom. The Kier molecular flexibility index (Phi) is 7.17. The molecule has 0 radical (unpaired) electrons. The number of hydrogen-bond donors (Lipinski definition) is 8. The van der Waals surface area contributed by atoms with Crippen molar-refractivity contribution < 1.29 is 50.4 Å². The molecule has 8 aliphatic rings. The normalized spacial score (nSPS) is 54.2. The lowest BCUT2D eigenvalue weighted by molar-refractivity contribution is -0.244. The van der Waals surface area contributed by atoms with Crippen molar-refractivity contribution in [2.45, 2.75) is 120 Å². The van der Waals surface area contributed by atoms with Gasteiger partial charge in [-0.05, 0) is 84.1 Å². The van der Waals surface area contributed by atoms with Crippen LogP contribution in [-0.4, -0.2) is 94.5 Å². The highest BCUT2D eigenvalue weighted by molar-refractivity contribution is 5.96. The quantitative estimate of drug-likeness (QED) is 0.174. The number of benzene rings is 1. The first-order chi connectivity index (χ1) is 22.9. The van der Waals surface area contributed by atoms with E-state index in [1.54, 1.807) is 6.07 Å². The SMILES string of the molecule is CC1C(O)C2(OC3CC4(O)C5=CC(=O)C6C(c7ccc(O)c(O)c7)C(O)C(O)CC6(C)C5CCC4(C)C3C2(O)CCO)C2C=CC1(C)CC2. The average Bonchev–Trinajstić information content (AvgIpc) is 3.38. The molecule has 16 atom stereocenters. The minimum absolute atomic E-state index is 0.0307. The summed E-state index contributed by atoms with van der Waals surface area (Å²) in [6, 6.07) is 4.19. The lowest BCUT2D eigenvalue weighted by Gasteiger charge is -2.62. The fourth-order valence-corrected chi connectivity index (χ4v) is 13.2. The third-order valence-corrected chi connectivity index (χ3v) is 15.8. The summed E-state index contributed by atoms with van der Waals surface area (Å²) in [5.41, 5.74) is -5.75. The molecule has 268 valence electrons. The van der Waals surface area contributed by atoms with Crippen LogP contribution in [0.4, 0.5) is 0 Å². The fourth-order valence-electron chi connectivity index (χ4n) is 13.2. The Morgan fingerprint density at radius 3 is 2.37 bits per heavy atom. The van der Waals surface area contributed by atoms with Gasteiger partial charge in [0.1, 0.15) is 11.2 Å². The molecule has 1 aromatic rings. The molecule has 10 nitrogen and oxygen atoms in total. The van der Waals surface area contributed by atoms with E-state index >= 15 is 0 Å². The molecule has 4 saturated carbocycles. The molecule has 0 amide bonds. The van der Waals surface area contributed by atoms with Gasteiger partial charge in [0.05, 0.1) is 30.0 Å². The molecule has 49 heavy (non-hydrogen) atoms. The van der Waals surface area contributed by atoms with Gasteiger partial charge in [-0.2, -0.15) is 0 Å². The van der Waals surface area contributed by atoms with E-state index in [0.29, 0.717) is 24.0 Å². The third kappa shape index (κ3) is 3.89. The molecule has 1 heterocycles. The van der Waals surface area contributed by atoms with Crippen LogP contribution in [-0.2, 0) is 9.53 Å². The molecular formula is C39H52O10. The van der Waals surface area contributed by atoms with E-state index in [-0.39, 0.29) is 66.3 Å². The molecule has 0 aromatic heterocycles. The lowest BCUT2D eigenvalue weighted by Crippen LogP contribution is -2.69. The van der Waals surface area contributed by atoms with Crippen molar-refractivity contribution in [1.82, 2.24) is 0 Å². The molecule has 2 bridgehead atoms. The topological polar surface area (TPSA) is 188 Å². The minimum Gasteiger partial charge on any atom is -0.504 e. The molecule has 9 rings (SSSR count). The number of ether oxygens (including phenoxy) is 1. The van der Waals surface area contributed by atoms with Gasteiger partial charge < -0.3 is 45.6 Å². The second-order valence-electron chi connectivity index (χ2n) is 17.7. The first-order valence-corrected chi connectivity index (χ1v) is 18.2.